The van der Waals surface area contributed by atoms with Crippen LogP contribution in [0.1, 0.15) is 6.42 Å². The zero-order valence-corrected chi connectivity index (χ0v) is 10.2. The number of nitrogens with one attached hydrogen (secondary N) is 1. The molecule has 5 heteroatoms. The first-order valence-electron chi connectivity index (χ1n) is 5.15. The Bertz CT molecular complexity index is 359. The number of halogens is 3. The minimum Gasteiger partial charge on any atom is -0.489 e. The van der Waals surface area contributed by atoms with Crippen LogP contribution in [0.5, 0.6) is 5.75 Å². The summed E-state index contributed by atoms with van der Waals surface area (Å²) in [5, 5.41) is 3.15. The number of hydrogen-bond donors (Lipinski definition) is 1. The molecule has 2 nitrogen and oxygen atoms in total. The first-order chi connectivity index (χ1) is 7.66. The quantitative estimate of drug-likeness (QED) is 0.921. The van der Waals surface area contributed by atoms with Crippen LogP contribution in [0.2, 0.25) is 0 Å². The molecule has 0 aliphatic carbocycles. The molecule has 1 aliphatic rings. The average molecular weight is 292 g/mol. The van der Waals surface area contributed by atoms with Gasteiger partial charge in [-0.3, -0.25) is 0 Å². The lowest BCUT2D eigenvalue weighted by Crippen LogP contribution is -2.42. The first-order valence-corrected chi connectivity index (χ1v) is 5.94. The van der Waals surface area contributed by atoms with Gasteiger partial charge in [-0.05, 0) is 47.4 Å². The molecule has 0 bridgehead atoms. The van der Waals surface area contributed by atoms with E-state index < -0.39 is 11.6 Å². The van der Waals surface area contributed by atoms with Crippen LogP contribution >= 0.6 is 15.9 Å². The molecule has 0 unspecified atom stereocenters. The summed E-state index contributed by atoms with van der Waals surface area (Å²) in [6, 6.07) is 2.02. The third kappa shape index (κ3) is 2.71. The molecule has 0 amide bonds. The molecular weight excluding hydrogens is 280 g/mol. The smallest absolute Gasteiger partial charge is 0.169 e. The number of benzene rings is 1. The van der Waals surface area contributed by atoms with Crippen LogP contribution < -0.4 is 10.1 Å². The van der Waals surface area contributed by atoms with Crippen LogP contribution in [-0.4, -0.2) is 19.7 Å². The van der Waals surface area contributed by atoms with Crippen molar-refractivity contribution in [3.63, 3.8) is 0 Å². The van der Waals surface area contributed by atoms with E-state index in [0.29, 0.717) is 17.0 Å². The van der Waals surface area contributed by atoms with Gasteiger partial charge < -0.3 is 10.1 Å². The van der Waals surface area contributed by atoms with Gasteiger partial charge >= 0.3 is 0 Å². The second-order valence-corrected chi connectivity index (χ2v) is 4.71. The molecule has 0 radical (unpaired) electrons. The van der Waals surface area contributed by atoms with E-state index in [-0.39, 0.29) is 5.75 Å². The van der Waals surface area contributed by atoms with Gasteiger partial charge in [-0.1, -0.05) is 0 Å². The Labute approximate surface area is 101 Å². The summed E-state index contributed by atoms with van der Waals surface area (Å²) in [4.78, 5) is 0. The molecule has 1 heterocycles. The lowest BCUT2D eigenvalue weighted by Gasteiger charge is -2.26. The zero-order chi connectivity index (χ0) is 11.5. The maximum atomic E-state index is 13.3. The van der Waals surface area contributed by atoms with Gasteiger partial charge in [0.05, 0.1) is 11.1 Å². The lowest BCUT2D eigenvalue weighted by atomic mass is 10.0. The normalized spacial score (nSPS) is 15.9. The lowest BCUT2D eigenvalue weighted by molar-refractivity contribution is 0.230. The van der Waals surface area contributed by atoms with Crippen LogP contribution in [0, 0.1) is 17.6 Å². The van der Waals surface area contributed by atoms with E-state index in [1.165, 1.54) is 6.07 Å². The molecule has 88 valence electrons. The van der Waals surface area contributed by atoms with Crippen molar-refractivity contribution in [1.82, 2.24) is 5.32 Å². The molecule has 0 aromatic heterocycles. The largest absolute Gasteiger partial charge is 0.489 e. The van der Waals surface area contributed by atoms with Gasteiger partial charge in [0.25, 0.3) is 0 Å². The molecule has 0 spiro atoms. The number of hydrogen-bond acceptors (Lipinski definition) is 2. The van der Waals surface area contributed by atoms with Crippen molar-refractivity contribution in [3.8, 4) is 5.75 Å². The maximum Gasteiger partial charge on any atom is 0.169 e. The molecule has 1 aromatic carbocycles. The summed E-state index contributed by atoms with van der Waals surface area (Å²) >= 11 is 3.08. The second-order valence-electron chi connectivity index (χ2n) is 3.86. The molecule has 1 fully saturated rings. The van der Waals surface area contributed by atoms with E-state index in [4.69, 9.17) is 4.74 Å². The Morgan fingerprint density at radius 1 is 1.38 bits per heavy atom. The predicted octanol–water partition coefficient (Wildman–Crippen LogP) is 2.72. The summed E-state index contributed by atoms with van der Waals surface area (Å²) in [7, 11) is 0. The molecular formula is C11H12BrF2NO. The van der Waals surface area contributed by atoms with Crippen molar-refractivity contribution in [1.29, 1.82) is 0 Å². The van der Waals surface area contributed by atoms with Crippen molar-refractivity contribution < 1.29 is 13.5 Å². The Morgan fingerprint density at radius 2 is 2.12 bits per heavy atom. The van der Waals surface area contributed by atoms with Crippen molar-refractivity contribution in [3.05, 3.63) is 28.2 Å². The summed E-state index contributed by atoms with van der Waals surface area (Å²) in [6.07, 6.45) is 0.885. The second kappa shape index (κ2) is 5.10. The fourth-order valence-corrected chi connectivity index (χ4v) is 2.07. The Kier molecular flexibility index (Phi) is 3.76. The SMILES string of the molecule is Fc1cc(F)c(OCCC2CNC2)c(Br)c1. The molecule has 1 aliphatic heterocycles. The van der Waals surface area contributed by atoms with Gasteiger partial charge in [0.1, 0.15) is 5.82 Å². The minimum atomic E-state index is -0.668. The summed E-state index contributed by atoms with van der Waals surface area (Å²) in [5.74, 6) is -0.575. The molecule has 16 heavy (non-hydrogen) atoms. The topological polar surface area (TPSA) is 21.3 Å². The standard InChI is InChI=1S/C11H12BrF2NO/c12-9-3-8(13)4-10(14)11(9)16-2-1-7-5-15-6-7/h3-4,7,15H,1-2,5-6H2. The highest BCUT2D eigenvalue weighted by molar-refractivity contribution is 9.10. The highest BCUT2D eigenvalue weighted by Crippen LogP contribution is 2.29. The fourth-order valence-electron chi connectivity index (χ4n) is 1.55. The average Bonchev–Trinajstić information content (AvgIpc) is 2.12. The van der Waals surface area contributed by atoms with E-state index in [9.17, 15) is 8.78 Å². The summed E-state index contributed by atoms with van der Waals surface area (Å²) < 4.78 is 31.7. The monoisotopic (exact) mass is 291 g/mol. The van der Waals surface area contributed by atoms with Crippen LogP contribution in [0.4, 0.5) is 8.78 Å². The fraction of sp³-hybridized carbons (Fsp3) is 0.455. The molecule has 1 saturated heterocycles. The predicted molar refractivity (Wildman–Crippen MR) is 60.5 cm³/mol. The number of ether oxygens (including phenoxy) is 1. The highest BCUT2D eigenvalue weighted by atomic mass is 79.9. The third-order valence-electron chi connectivity index (χ3n) is 2.60. The van der Waals surface area contributed by atoms with Crippen LogP contribution in [0.15, 0.2) is 16.6 Å². The zero-order valence-electron chi connectivity index (χ0n) is 8.60. The van der Waals surface area contributed by atoms with Gasteiger partial charge in [-0.2, -0.15) is 0 Å². The molecule has 0 saturated carbocycles. The molecule has 0 atom stereocenters. The molecule has 1 aromatic rings. The van der Waals surface area contributed by atoms with Crippen molar-refractivity contribution in [2.45, 2.75) is 6.42 Å². The van der Waals surface area contributed by atoms with E-state index in [1.54, 1.807) is 0 Å². The van der Waals surface area contributed by atoms with Gasteiger partial charge in [0, 0.05) is 6.07 Å². The van der Waals surface area contributed by atoms with Gasteiger partial charge in [0.15, 0.2) is 11.6 Å². The molecule has 2 rings (SSSR count). The van der Waals surface area contributed by atoms with Crippen molar-refractivity contribution in [2.75, 3.05) is 19.7 Å². The van der Waals surface area contributed by atoms with E-state index in [1.807, 2.05) is 0 Å². The maximum absolute atomic E-state index is 13.3. The van der Waals surface area contributed by atoms with Crippen molar-refractivity contribution in [2.24, 2.45) is 5.92 Å². The van der Waals surface area contributed by atoms with Crippen LogP contribution in [0.25, 0.3) is 0 Å². The highest BCUT2D eigenvalue weighted by Gasteiger charge is 2.17. The summed E-state index contributed by atoms with van der Waals surface area (Å²) in [5.41, 5.74) is 0. The van der Waals surface area contributed by atoms with E-state index in [2.05, 4.69) is 21.2 Å². The first kappa shape index (κ1) is 11.8. The Morgan fingerprint density at radius 3 is 2.69 bits per heavy atom. The van der Waals surface area contributed by atoms with E-state index in [0.717, 1.165) is 25.6 Å². The van der Waals surface area contributed by atoms with Gasteiger partial charge in [-0.15, -0.1) is 0 Å². The van der Waals surface area contributed by atoms with Gasteiger partial charge in [-0.25, -0.2) is 8.78 Å². The van der Waals surface area contributed by atoms with Gasteiger partial charge in [0.2, 0.25) is 0 Å². The Hall–Kier alpha value is -0.680. The Balaban J connectivity index is 1.92. The van der Waals surface area contributed by atoms with Crippen molar-refractivity contribution >= 4 is 15.9 Å². The third-order valence-corrected chi connectivity index (χ3v) is 3.19. The van der Waals surface area contributed by atoms with E-state index >= 15 is 0 Å². The number of rotatable bonds is 4. The molecule has 1 N–H and O–H groups in total. The summed E-state index contributed by atoms with van der Waals surface area (Å²) in [6.45, 7) is 2.44. The minimum absolute atomic E-state index is 0.0914. The van der Waals surface area contributed by atoms with Crippen LogP contribution in [-0.2, 0) is 0 Å². The van der Waals surface area contributed by atoms with Crippen LogP contribution in [0.3, 0.4) is 0 Å².